The van der Waals surface area contributed by atoms with E-state index in [-0.39, 0.29) is 11.8 Å². The number of carbonyl (C=O) groups excluding carboxylic acids is 2. The molecule has 0 bridgehead atoms. The minimum absolute atomic E-state index is 0.0106. The van der Waals surface area contributed by atoms with E-state index in [1.54, 1.807) is 37.2 Å². The quantitative estimate of drug-likeness (QED) is 0.781. The van der Waals surface area contributed by atoms with Crippen molar-refractivity contribution in [2.24, 2.45) is 0 Å². The van der Waals surface area contributed by atoms with E-state index in [9.17, 15) is 9.59 Å². The molecule has 2 amide bonds. The molecule has 1 aliphatic rings. The van der Waals surface area contributed by atoms with Crippen LogP contribution in [0.5, 0.6) is 5.75 Å². The Labute approximate surface area is 99.4 Å². The third-order valence-electron chi connectivity index (χ3n) is 2.76. The van der Waals surface area contributed by atoms with Crippen molar-refractivity contribution in [2.45, 2.75) is 6.42 Å². The third-order valence-corrected chi connectivity index (χ3v) is 2.76. The van der Waals surface area contributed by atoms with E-state index in [1.165, 1.54) is 0 Å². The molecule has 0 fully saturated rings. The molecule has 1 aromatic rings. The van der Waals surface area contributed by atoms with Gasteiger partial charge in [-0.15, -0.1) is 0 Å². The molecule has 1 aromatic carbocycles. The van der Waals surface area contributed by atoms with Crippen molar-refractivity contribution in [3.63, 3.8) is 0 Å². The van der Waals surface area contributed by atoms with Gasteiger partial charge in [-0.2, -0.15) is 0 Å². The second kappa shape index (κ2) is 4.45. The summed E-state index contributed by atoms with van der Waals surface area (Å²) in [5, 5.41) is 2.55. The molecule has 0 atom stereocenters. The lowest BCUT2D eigenvalue weighted by molar-refractivity contribution is -0.118. The van der Waals surface area contributed by atoms with Gasteiger partial charge in [0.25, 0.3) is 5.91 Å². The van der Waals surface area contributed by atoms with Crippen molar-refractivity contribution in [1.82, 2.24) is 5.32 Å². The van der Waals surface area contributed by atoms with Gasteiger partial charge in [0.05, 0.1) is 18.7 Å². The number of amides is 2. The highest BCUT2D eigenvalue weighted by Gasteiger charge is 2.20. The molecule has 5 nitrogen and oxygen atoms in total. The van der Waals surface area contributed by atoms with Crippen LogP contribution in [0.2, 0.25) is 0 Å². The minimum atomic E-state index is -0.172. The molecule has 2 rings (SSSR count). The van der Waals surface area contributed by atoms with Crippen LogP contribution in [0.3, 0.4) is 0 Å². The Morgan fingerprint density at radius 3 is 2.94 bits per heavy atom. The molecule has 0 unspecified atom stereocenters. The highest BCUT2D eigenvalue weighted by Crippen LogP contribution is 2.31. The number of fused-ring (bicyclic) bond motifs is 1. The maximum Gasteiger partial charge on any atom is 0.251 e. The highest BCUT2D eigenvalue weighted by atomic mass is 16.5. The van der Waals surface area contributed by atoms with E-state index in [0.29, 0.717) is 30.0 Å². The first-order valence-corrected chi connectivity index (χ1v) is 5.39. The summed E-state index contributed by atoms with van der Waals surface area (Å²) in [5.74, 6) is 0.408. The predicted molar refractivity (Wildman–Crippen MR) is 63.4 cm³/mol. The van der Waals surface area contributed by atoms with Gasteiger partial charge >= 0.3 is 0 Å². The van der Waals surface area contributed by atoms with E-state index in [1.807, 2.05) is 0 Å². The fraction of sp³-hybridized carbons (Fsp3) is 0.333. The number of rotatable bonds is 1. The predicted octanol–water partition coefficient (Wildman–Crippen LogP) is 0.792. The molecule has 0 spiro atoms. The Bertz CT molecular complexity index is 471. The molecule has 0 aromatic heterocycles. The van der Waals surface area contributed by atoms with Gasteiger partial charge in [0, 0.05) is 19.7 Å². The van der Waals surface area contributed by atoms with Gasteiger partial charge in [0.15, 0.2) is 0 Å². The van der Waals surface area contributed by atoms with E-state index in [2.05, 4.69) is 5.32 Å². The lowest BCUT2D eigenvalue weighted by atomic mass is 10.1. The summed E-state index contributed by atoms with van der Waals surface area (Å²) < 4.78 is 5.48. The van der Waals surface area contributed by atoms with Crippen LogP contribution in [0.25, 0.3) is 0 Å². The fourth-order valence-electron chi connectivity index (χ4n) is 1.74. The van der Waals surface area contributed by atoms with Crippen molar-refractivity contribution in [3.05, 3.63) is 23.8 Å². The van der Waals surface area contributed by atoms with Crippen LogP contribution in [0, 0.1) is 0 Å². The maximum absolute atomic E-state index is 11.6. The molecule has 0 saturated carbocycles. The Morgan fingerprint density at radius 2 is 2.24 bits per heavy atom. The Morgan fingerprint density at radius 1 is 1.47 bits per heavy atom. The Hall–Kier alpha value is -2.04. The summed E-state index contributed by atoms with van der Waals surface area (Å²) in [6.07, 6.45) is 0.348. The van der Waals surface area contributed by atoms with E-state index in [4.69, 9.17) is 4.74 Å². The first-order chi connectivity index (χ1) is 8.13. The average Bonchev–Trinajstić information content (AvgIpc) is 2.49. The first-order valence-electron chi connectivity index (χ1n) is 5.39. The average molecular weight is 234 g/mol. The molecule has 5 heteroatoms. The summed E-state index contributed by atoms with van der Waals surface area (Å²) >= 11 is 0. The fourth-order valence-corrected chi connectivity index (χ4v) is 1.74. The van der Waals surface area contributed by atoms with Crippen LogP contribution in [0.4, 0.5) is 5.69 Å². The standard InChI is InChI=1S/C12H14N2O3/c1-13-12(16)8-3-4-9-10(7-8)17-6-5-11(15)14(9)2/h3-4,7H,5-6H2,1-2H3,(H,13,16). The van der Waals surface area contributed by atoms with Crippen LogP contribution in [-0.4, -0.2) is 32.5 Å². The SMILES string of the molecule is CNC(=O)c1ccc2c(c1)OCCC(=O)N2C. The molecule has 0 aliphatic carbocycles. The van der Waals surface area contributed by atoms with Crippen LogP contribution < -0.4 is 15.0 Å². The van der Waals surface area contributed by atoms with Gasteiger partial charge < -0.3 is 15.0 Å². The lowest BCUT2D eigenvalue weighted by Crippen LogP contribution is -2.25. The molecule has 1 N–H and O–H groups in total. The molecule has 17 heavy (non-hydrogen) atoms. The van der Waals surface area contributed by atoms with Gasteiger partial charge in [-0.25, -0.2) is 0 Å². The maximum atomic E-state index is 11.6. The van der Waals surface area contributed by atoms with Crippen LogP contribution in [-0.2, 0) is 4.79 Å². The van der Waals surface area contributed by atoms with Crippen LogP contribution >= 0.6 is 0 Å². The van der Waals surface area contributed by atoms with Crippen LogP contribution in [0.1, 0.15) is 16.8 Å². The van der Waals surface area contributed by atoms with Crippen LogP contribution in [0.15, 0.2) is 18.2 Å². The molecule has 0 saturated heterocycles. The van der Waals surface area contributed by atoms with Gasteiger partial charge in [-0.05, 0) is 18.2 Å². The molecule has 0 radical (unpaired) electrons. The topological polar surface area (TPSA) is 58.6 Å². The zero-order chi connectivity index (χ0) is 12.4. The van der Waals surface area contributed by atoms with Gasteiger partial charge in [0.2, 0.25) is 5.91 Å². The number of nitrogens with zero attached hydrogens (tertiary/aromatic N) is 1. The van der Waals surface area contributed by atoms with Crippen molar-refractivity contribution in [1.29, 1.82) is 0 Å². The molecule has 1 heterocycles. The molecular formula is C12H14N2O3. The summed E-state index contributed by atoms with van der Waals surface area (Å²) in [6, 6.07) is 5.06. The minimum Gasteiger partial charge on any atom is -0.491 e. The van der Waals surface area contributed by atoms with E-state index >= 15 is 0 Å². The van der Waals surface area contributed by atoms with Crippen molar-refractivity contribution in [3.8, 4) is 5.75 Å². The van der Waals surface area contributed by atoms with Crippen molar-refractivity contribution >= 4 is 17.5 Å². The zero-order valence-corrected chi connectivity index (χ0v) is 9.82. The smallest absolute Gasteiger partial charge is 0.251 e. The molecular weight excluding hydrogens is 220 g/mol. The number of hydrogen-bond acceptors (Lipinski definition) is 3. The van der Waals surface area contributed by atoms with E-state index in [0.717, 1.165) is 0 Å². The lowest BCUT2D eigenvalue weighted by Gasteiger charge is -2.16. The van der Waals surface area contributed by atoms with Crippen molar-refractivity contribution < 1.29 is 14.3 Å². The molecule has 90 valence electrons. The monoisotopic (exact) mass is 234 g/mol. The first kappa shape index (κ1) is 11.4. The summed E-state index contributed by atoms with van der Waals surface area (Å²) in [7, 11) is 3.28. The van der Waals surface area contributed by atoms with Crippen molar-refractivity contribution in [2.75, 3.05) is 25.6 Å². The largest absolute Gasteiger partial charge is 0.491 e. The second-order valence-corrected chi connectivity index (χ2v) is 3.81. The van der Waals surface area contributed by atoms with Gasteiger partial charge in [0.1, 0.15) is 5.75 Å². The summed E-state index contributed by atoms with van der Waals surface area (Å²) in [4.78, 5) is 24.7. The number of anilines is 1. The summed E-state index contributed by atoms with van der Waals surface area (Å²) in [5.41, 5.74) is 1.22. The number of nitrogens with one attached hydrogen (secondary N) is 1. The third kappa shape index (κ3) is 2.08. The number of benzene rings is 1. The van der Waals surface area contributed by atoms with Gasteiger partial charge in [-0.1, -0.05) is 0 Å². The van der Waals surface area contributed by atoms with Gasteiger partial charge in [-0.3, -0.25) is 9.59 Å². The summed E-state index contributed by atoms with van der Waals surface area (Å²) in [6.45, 7) is 0.341. The molecule has 1 aliphatic heterocycles. The zero-order valence-electron chi connectivity index (χ0n) is 9.82. The highest BCUT2D eigenvalue weighted by molar-refractivity contribution is 5.98. The number of carbonyl (C=O) groups is 2. The number of hydrogen-bond donors (Lipinski definition) is 1. The number of ether oxygens (including phenoxy) is 1. The Kier molecular flexibility index (Phi) is 2.99. The normalized spacial score (nSPS) is 14.7. The Balaban J connectivity index is 2.42. The second-order valence-electron chi connectivity index (χ2n) is 3.81. The van der Waals surface area contributed by atoms with E-state index < -0.39 is 0 Å².